The van der Waals surface area contributed by atoms with E-state index in [1.807, 2.05) is 0 Å². The van der Waals surface area contributed by atoms with Gasteiger partial charge >= 0.3 is 0 Å². The first kappa shape index (κ1) is 15.9. The summed E-state index contributed by atoms with van der Waals surface area (Å²) in [7, 11) is 0. The summed E-state index contributed by atoms with van der Waals surface area (Å²) < 4.78 is 26.3. The van der Waals surface area contributed by atoms with Crippen LogP contribution in [0.25, 0.3) is 0 Å². The molecule has 1 amide bonds. The lowest BCUT2D eigenvalue weighted by molar-refractivity contribution is 0.0740. The second-order valence-electron chi connectivity index (χ2n) is 5.15. The maximum atomic E-state index is 12.5. The molecule has 118 valence electrons. The normalized spacial score (nSPS) is 17.2. The van der Waals surface area contributed by atoms with Crippen molar-refractivity contribution in [1.82, 2.24) is 14.4 Å². The van der Waals surface area contributed by atoms with Gasteiger partial charge in [-0.3, -0.25) is 9.69 Å². The third-order valence-corrected chi connectivity index (χ3v) is 3.68. The van der Waals surface area contributed by atoms with Crippen LogP contribution in [-0.4, -0.2) is 71.1 Å². The molecule has 1 saturated heterocycles. The minimum atomic E-state index is -2.48. The first-order chi connectivity index (χ1) is 10.1. The van der Waals surface area contributed by atoms with Crippen molar-refractivity contribution < 1.29 is 18.7 Å². The summed E-state index contributed by atoms with van der Waals surface area (Å²) in [6, 6.07) is 3.20. The number of nitrogens with zero attached hydrogens (tertiary/aromatic N) is 3. The molecule has 0 spiro atoms. The molecule has 1 N–H and O–H groups in total. The smallest absolute Gasteiger partial charge is 0.270 e. The fraction of sp³-hybridized carbons (Fsp3) is 0.643. The average Bonchev–Trinajstić information content (AvgIpc) is 2.75. The zero-order valence-electron chi connectivity index (χ0n) is 11.9. The molecule has 7 heteroatoms. The van der Waals surface area contributed by atoms with Gasteiger partial charge in [0.15, 0.2) is 0 Å². The van der Waals surface area contributed by atoms with E-state index in [0.29, 0.717) is 31.9 Å². The van der Waals surface area contributed by atoms with Crippen LogP contribution >= 0.6 is 0 Å². The van der Waals surface area contributed by atoms with E-state index in [2.05, 4.69) is 4.90 Å². The largest absolute Gasteiger partial charge is 0.395 e. The molecule has 0 unspecified atom stereocenters. The highest BCUT2D eigenvalue weighted by molar-refractivity contribution is 5.92. The molecule has 21 heavy (non-hydrogen) atoms. The van der Waals surface area contributed by atoms with Crippen molar-refractivity contribution in [2.75, 3.05) is 39.3 Å². The lowest BCUT2D eigenvalue weighted by Gasteiger charge is -2.22. The number of alkyl halides is 2. The molecular formula is C14H21F2N3O2. The third-order valence-electron chi connectivity index (χ3n) is 3.68. The second kappa shape index (κ2) is 7.51. The van der Waals surface area contributed by atoms with Crippen LogP contribution in [0, 0.1) is 0 Å². The molecule has 1 aromatic heterocycles. The number of aliphatic hydroxyl groups excluding tert-OH is 1. The zero-order valence-corrected chi connectivity index (χ0v) is 11.9. The fourth-order valence-corrected chi connectivity index (χ4v) is 2.62. The molecule has 1 aliphatic rings. The highest BCUT2D eigenvalue weighted by Gasteiger charge is 2.22. The van der Waals surface area contributed by atoms with Gasteiger partial charge in [-0.15, -0.1) is 0 Å². The van der Waals surface area contributed by atoms with Gasteiger partial charge in [-0.05, 0) is 25.1 Å². The Hall–Kier alpha value is -1.47. The van der Waals surface area contributed by atoms with Crippen LogP contribution in [0.2, 0.25) is 0 Å². The van der Waals surface area contributed by atoms with E-state index in [9.17, 15) is 13.6 Å². The number of β-amino-alcohol motifs (C(OH)–C–C–N with tert-alkyl or cyclic N) is 1. The van der Waals surface area contributed by atoms with Crippen LogP contribution in [0.5, 0.6) is 0 Å². The number of hydrogen-bond acceptors (Lipinski definition) is 3. The topological polar surface area (TPSA) is 48.7 Å². The van der Waals surface area contributed by atoms with Gasteiger partial charge in [0.2, 0.25) is 0 Å². The zero-order chi connectivity index (χ0) is 15.2. The molecule has 0 aromatic carbocycles. The lowest BCUT2D eigenvalue weighted by atomic mass is 10.3. The monoisotopic (exact) mass is 301 g/mol. The molecule has 0 atom stereocenters. The lowest BCUT2D eigenvalue weighted by Crippen LogP contribution is -2.37. The molecule has 1 aliphatic heterocycles. The maximum absolute atomic E-state index is 12.5. The number of halogens is 2. The van der Waals surface area contributed by atoms with Crippen LogP contribution in [0.15, 0.2) is 18.3 Å². The Kier molecular flexibility index (Phi) is 5.69. The van der Waals surface area contributed by atoms with Gasteiger partial charge in [-0.1, -0.05) is 0 Å². The molecule has 0 aliphatic carbocycles. The number of aromatic nitrogens is 1. The summed E-state index contributed by atoms with van der Waals surface area (Å²) in [5, 5.41) is 8.96. The number of aliphatic hydroxyl groups is 1. The minimum Gasteiger partial charge on any atom is -0.395 e. The Morgan fingerprint density at radius 3 is 2.81 bits per heavy atom. The number of rotatable bonds is 5. The van der Waals surface area contributed by atoms with Gasteiger partial charge < -0.3 is 14.6 Å². The number of carbonyl (C=O) groups is 1. The van der Waals surface area contributed by atoms with Crippen molar-refractivity contribution in [3.05, 3.63) is 24.0 Å². The summed E-state index contributed by atoms with van der Waals surface area (Å²) in [6.07, 6.45) is -0.149. The van der Waals surface area contributed by atoms with Crippen LogP contribution in [0.3, 0.4) is 0 Å². The highest BCUT2D eigenvalue weighted by atomic mass is 19.3. The van der Waals surface area contributed by atoms with Crippen molar-refractivity contribution in [2.24, 2.45) is 0 Å². The van der Waals surface area contributed by atoms with E-state index in [1.54, 1.807) is 17.0 Å². The summed E-state index contributed by atoms with van der Waals surface area (Å²) in [4.78, 5) is 16.3. The Bertz CT molecular complexity index is 465. The summed E-state index contributed by atoms with van der Waals surface area (Å²) in [5.74, 6) is -0.202. The molecule has 0 bridgehead atoms. The van der Waals surface area contributed by atoms with Crippen LogP contribution in [-0.2, 0) is 6.54 Å². The van der Waals surface area contributed by atoms with Gasteiger partial charge in [-0.25, -0.2) is 8.78 Å². The first-order valence-electron chi connectivity index (χ1n) is 7.17. The Balaban J connectivity index is 2.01. The number of hydrogen-bond donors (Lipinski definition) is 1. The fourth-order valence-electron chi connectivity index (χ4n) is 2.62. The van der Waals surface area contributed by atoms with Crippen molar-refractivity contribution in [2.45, 2.75) is 19.4 Å². The maximum Gasteiger partial charge on any atom is 0.270 e. The van der Waals surface area contributed by atoms with Gasteiger partial charge in [0.05, 0.1) is 13.2 Å². The van der Waals surface area contributed by atoms with Crippen LogP contribution < -0.4 is 0 Å². The summed E-state index contributed by atoms with van der Waals surface area (Å²) in [6.45, 7) is 2.94. The van der Waals surface area contributed by atoms with E-state index >= 15 is 0 Å². The molecule has 1 fully saturated rings. The van der Waals surface area contributed by atoms with E-state index < -0.39 is 13.0 Å². The standard InChI is InChI=1S/C14H21F2N3O2/c15-13(16)11-19-5-1-3-12(19)14(21)18-6-2-4-17(7-8-18)9-10-20/h1,3,5,13,20H,2,4,6-11H2. The Morgan fingerprint density at radius 2 is 2.10 bits per heavy atom. The second-order valence-corrected chi connectivity index (χ2v) is 5.15. The van der Waals surface area contributed by atoms with Gasteiger partial charge in [0.1, 0.15) is 5.69 Å². The number of amides is 1. The van der Waals surface area contributed by atoms with Gasteiger partial charge in [0.25, 0.3) is 12.3 Å². The van der Waals surface area contributed by atoms with E-state index in [-0.39, 0.29) is 12.5 Å². The first-order valence-corrected chi connectivity index (χ1v) is 7.17. The van der Waals surface area contributed by atoms with Crippen molar-refractivity contribution in [3.63, 3.8) is 0 Å². The van der Waals surface area contributed by atoms with Crippen LogP contribution in [0.4, 0.5) is 8.78 Å². The van der Waals surface area contributed by atoms with Crippen LogP contribution in [0.1, 0.15) is 16.9 Å². The molecule has 1 aromatic rings. The van der Waals surface area contributed by atoms with Gasteiger partial charge in [-0.2, -0.15) is 0 Å². The molecule has 5 nitrogen and oxygen atoms in total. The molecule has 2 rings (SSSR count). The third kappa shape index (κ3) is 4.25. The minimum absolute atomic E-state index is 0.102. The average molecular weight is 301 g/mol. The van der Waals surface area contributed by atoms with E-state index in [1.165, 1.54) is 10.8 Å². The predicted molar refractivity (Wildman–Crippen MR) is 74.5 cm³/mol. The predicted octanol–water partition coefficient (Wildman–Crippen LogP) is 0.893. The Morgan fingerprint density at radius 1 is 1.29 bits per heavy atom. The van der Waals surface area contributed by atoms with E-state index in [4.69, 9.17) is 5.11 Å². The van der Waals surface area contributed by atoms with Gasteiger partial charge in [0, 0.05) is 32.4 Å². The highest BCUT2D eigenvalue weighted by Crippen LogP contribution is 2.12. The summed E-state index contributed by atoms with van der Waals surface area (Å²) >= 11 is 0. The SMILES string of the molecule is O=C(c1cccn1CC(F)F)N1CCCN(CCO)CC1. The van der Waals surface area contributed by atoms with Crippen molar-refractivity contribution in [1.29, 1.82) is 0 Å². The molecule has 2 heterocycles. The Labute approximate surface area is 122 Å². The van der Waals surface area contributed by atoms with Crippen molar-refractivity contribution >= 4 is 5.91 Å². The number of carbonyl (C=O) groups excluding carboxylic acids is 1. The van der Waals surface area contributed by atoms with E-state index in [0.717, 1.165) is 13.0 Å². The van der Waals surface area contributed by atoms with Crippen molar-refractivity contribution in [3.8, 4) is 0 Å². The quantitative estimate of drug-likeness (QED) is 0.879. The molecular weight excluding hydrogens is 280 g/mol. The summed E-state index contributed by atoms with van der Waals surface area (Å²) in [5.41, 5.74) is 0.311. The molecule has 0 saturated carbocycles. The molecule has 0 radical (unpaired) electrons.